The van der Waals surface area contributed by atoms with Crippen LogP contribution in [0.25, 0.3) is 0 Å². The van der Waals surface area contributed by atoms with Crippen LogP contribution in [0.15, 0.2) is 48.5 Å². The van der Waals surface area contributed by atoms with E-state index in [-0.39, 0.29) is 23.3 Å². The van der Waals surface area contributed by atoms with Crippen molar-refractivity contribution in [3.05, 3.63) is 70.2 Å². The molecule has 4 nitrogen and oxygen atoms in total. The minimum absolute atomic E-state index is 0.0221. The SMILES string of the molecule is C[C@@H](C(=O)NC1CCCCC1)N(Cc1cccc(Cl)c1)C(=O)CCc1ccc(C(C)(C)C)cc1. The second-order valence-corrected chi connectivity index (χ2v) is 11.1. The first-order valence-corrected chi connectivity index (χ1v) is 12.9. The third kappa shape index (κ3) is 7.59. The number of rotatable bonds is 8. The monoisotopic (exact) mass is 482 g/mol. The first kappa shape index (κ1) is 26.3. The molecule has 1 aliphatic carbocycles. The second-order valence-electron chi connectivity index (χ2n) is 10.6. The highest BCUT2D eigenvalue weighted by Crippen LogP contribution is 2.23. The van der Waals surface area contributed by atoms with Crippen molar-refractivity contribution >= 4 is 23.4 Å². The molecule has 184 valence electrons. The number of halogens is 1. The Balaban J connectivity index is 1.69. The van der Waals surface area contributed by atoms with Gasteiger partial charge in [-0.2, -0.15) is 0 Å². The topological polar surface area (TPSA) is 49.4 Å². The molecule has 1 fully saturated rings. The Bertz CT molecular complexity index is 959. The molecule has 0 unspecified atom stereocenters. The molecule has 5 heteroatoms. The van der Waals surface area contributed by atoms with Crippen LogP contribution < -0.4 is 5.32 Å². The lowest BCUT2D eigenvalue weighted by atomic mass is 9.86. The Morgan fingerprint density at radius 3 is 2.32 bits per heavy atom. The van der Waals surface area contributed by atoms with Crippen LogP contribution in [0.5, 0.6) is 0 Å². The zero-order chi connectivity index (χ0) is 24.7. The molecule has 0 heterocycles. The van der Waals surface area contributed by atoms with Crippen LogP contribution in [-0.2, 0) is 28.0 Å². The molecule has 0 aromatic heterocycles. The number of nitrogens with one attached hydrogen (secondary N) is 1. The van der Waals surface area contributed by atoms with E-state index in [0.29, 0.717) is 24.4 Å². The summed E-state index contributed by atoms with van der Waals surface area (Å²) in [5, 5.41) is 3.81. The van der Waals surface area contributed by atoms with Gasteiger partial charge in [-0.15, -0.1) is 0 Å². The lowest BCUT2D eigenvalue weighted by Crippen LogP contribution is -2.50. The van der Waals surface area contributed by atoms with Crippen molar-refractivity contribution in [2.45, 2.75) is 96.7 Å². The molecule has 1 saturated carbocycles. The molecule has 0 radical (unpaired) electrons. The summed E-state index contributed by atoms with van der Waals surface area (Å²) in [6, 6.07) is 15.7. The highest BCUT2D eigenvalue weighted by molar-refractivity contribution is 6.30. The summed E-state index contributed by atoms with van der Waals surface area (Å²) in [5.41, 5.74) is 3.43. The first-order valence-electron chi connectivity index (χ1n) is 12.6. The average Bonchev–Trinajstić information content (AvgIpc) is 2.81. The number of carbonyl (C=O) groups excluding carboxylic acids is 2. The molecule has 0 aliphatic heterocycles. The summed E-state index contributed by atoms with van der Waals surface area (Å²) in [6.45, 7) is 8.78. The summed E-state index contributed by atoms with van der Waals surface area (Å²) >= 11 is 6.18. The van der Waals surface area contributed by atoms with Crippen molar-refractivity contribution in [1.29, 1.82) is 0 Å². The minimum atomic E-state index is -0.545. The fourth-order valence-corrected chi connectivity index (χ4v) is 4.76. The zero-order valence-electron chi connectivity index (χ0n) is 21.1. The number of carbonyl (C=O) groups is 2. The van der Waals surface area contributed by atoms with Gasteiger partial charge >= 0.3 is 0 Å². The van der Waals surface area contributed by atoms with Crippen LogP contribution in [0.1, 0.15) is 82.9 Å². The van der Waals surface area contributed by atoms with Gasteiger partial charge in [-0.25, -0.2) is 0 Å². The molecule has 34 heavy (non-hydrogen) atoms. The van der Waals surface area contributed by atoms with Crippen LogP contribution in [-0.4, -0.2) is 28.8 Å². The van der Waals surface area contributed by atoms with E-state index < -0.39 is 6.04 Å². The maximum Gasteiger partial charge on any atom is 0.242 e. The van der Waals surface area contributed by atoms with E-state index in [1.807, 2.05) is 31.2 Å². The number of hydrogen-bond acceptors (Lipinski definition) is 2. The number of aryl methyl sites for hydroxylation is 1. The third-order valence-electron chi connectivity index (χ3n) is 6.81. The fraction of sp³-hybridized carbons (Fsp3) is 0.517. The van der Waals surface area contributed by atoms with Gasteiger partial charge in [0.1, 0.15) is 6.04 Å². The highest BCUT2D eigenvalue weighted by atomic mass is 35.5. The quantitative estimate of drug-likeness (QED) is 0.470. The van der Waals surface area contributed by atoms with Crippen LogP contribution in [0, 0.1) is 0 Å². The number of benzene rings is 2. The van der Waals surface area contributed by atoms with Crippen molar-refractivity contribution in [2.24, 2.45) is 0 Å². The maximum atomic E-state index is 13.4. The summed E-state index contributed by atoms with van der Waals surface area (Å²) < 4.78 is 0. The summed E-state index contributed by atoms with van der Waals surface area (Å²) in [5.74, 6) is -0.0945. The van der Waals surface area contributed by atoms with E-state index in [1.54, 1.807) is 4.90 Å². The molecule has 0 saturated heterocycles. The Morgan fingerprint density at radius 2 is 1.71 bits per heavy atom. The van der Waals surface area contributed by atoms with Gasteiger partial charge in [0.15, 0.2) is 0 Å². The van der Waals surface area contributed by atoms with Crippen LogP contribution in [0.4, 0.5) is 0 Å². The first-order chi connectivity index (χ1) is 16.1. The lowest BCUT2D eigenvalue weighted by molar-refractivity contribution is -0.141. The van der Waals surface area contributed by atoms with E-state index in [9.17, 15) is 9.59 Å². The van der Waals surface area contributed by atoms with E-state index in [4.69, 9.17) is 11.6 Å². The van der Waals surface area contributed by atoms with E-state index >= 15 is 0 Å². The van der Waals surface area contributed by atoms with E-state index in [0.717, 1.165) is 36.8 Å². The van der Waals surface area contributed by atoms with Crippen molar-refractivity contribution in [3.8, 4) is 0 Å². The minimum Gasteiger partial charge on any atom is -0.352 e. The lowest BCUT2D eigenvalue weighted by Gasteiger charge is -2.31. The normalized spacial score (nSPS) is 15.6. The van der Waals surface area contributed by atoms with Crippen LogP contribution in [0.3, 0.4) is 0 Å². The Morgan fingerprint density at radius 1 is 1.03 bits per heavy atom. The summed E-state index contributed by atoms with van der Waals surface area (Å²) in [4.78, 5) is 28.2. The molecule has 1 N–H and O–H groups in total. The van der Waals surface area contributed by atoms with Crippen molar-refractivity contribution in [3.63, 3.8) is 0 Å². The molecule has 2 amide bonds. The van der Waals surface area contributed by atoms with Crippen LogP contribution >= 0.6 is 11.6 Å². The van der Waals surface area contributed by atoms with Gasteiger partial charge in [0, 0.05) is 24.0 Å². The van der Waals surface area contributed by atoms with E-state index in [2.05, 4.69) is 50.4 Å². The number of hydrogen-bond donors (Lipinski definition) is 1. The molecular weight excluding hydrogens is 444 g/mol. The van der Waals surface area contributed by atoms with Gasteiger partial charge in [-0.3, -0.25) is 9.59 Å². The number of amides is 2. The molecule has 1 atom stereocenters. The van der Waals surface area contributed by atoms with Crippen molar-refractivity contribution in [2.75, 3.05) is 0 Å². The Labute approximate surface area is 210 Å². The predicted molar refractivity (Wildman–Crippen MR) is 140 cm³/mol. The van der Waals surface area contributed by atoms with Gasteiger partial charge in [-0.05, 0) is 60.4 Å². The molecule has 2 aromatic rings. The van der Waals surface area contributed by atoms with Gasteiger partial charge in [0.05, 0.1) is 0 Å². The van der Waals surface area contributed by atoms with Gasteiger partial charge in [-0.1, -0.05) is 88.0 Å². The molecule has 2 aromatic carbocycles. The summed E-state index contributed by atoms with van der Waals surface area (Å²) in [7, 11) is 0. The standard InChI is InChI=1S/C29H39ClN2O2/c1-21(28(34)31-26-11-6-5-7-12-26)32(20-23-9-8-10-25(30)19-23)27(33)18-15-22-13-16-24(17-14-22)29(2,3)4/h8-10,13-14,16-17,19,21,26H,5-7,11-12,15,18,20H2,1-4H3,(H,31,34)/t21-/m0/s1. The number of nitrogens with zero attached hydrogens (tertiary/aromatic N) is 1. The third-order valence-corrected chi connectivity index (χ3v) is 7.04. The molecule has 1 aliphatic rings. The molecule has 0 bridgehead atoms. The second kappa shape index (κ2) is 11.9. The predicted octanol–water partition coefficient (Wildman–Crippen LogP) is 6.44. The Hall–Kier alpha value is -2.33. The average molecular weight is 483 g/mol. The molecule has 0 spiro atoms. The largest absolute Gasteiger partial charge is 0.352 e. The molecular formula is C29H39ClN2O2. The zero-order valence-corrected chi connectivity index (χ0v) is 21.8. The van der Waals surface area contributed by atoms with Crippen molar-refractivity contribution < 1.29 is 9.59 Å². The van der Waals surface area contributed by atoms with Gasteiger partial charge in [0.2, 0.25) is 11.8 Å². The fourth-order valence-electron chi connectivity index (χ4n) is 4.55. The van der Waals surface area contributed by atoms with Crippen LogP contribution in [0.2, 0.25) is 5.02 Å². The molecule has 3 rings (SSSR count). The van der Waals surface area contributed by atoms with Gasteiger partial charge in [0.25, 0.3) is 0 Å². The van der Waals surface area contributed by atoms with E-state index in [1.165, 1.54) is 12.0 Å². The Kier molecular flexibility index (Phi) is 9.18. The highest BCUT2D eigenvalue weighted by Gasteiger charge is 2.28. The maximum absolute atomic E-state index is 13.4. The van der Waals surface area contributed by atoms with Gasteiger partial charge < -0.3 is 10.2 Å². The smallest absolute Gasteiger partial charge is 0.242 e. The summed E-state index contributed by atoms with van der Waals surface area (Å²) in [6.07, 6.45) is 6.58. The van der Waals surface area contributed by atoms with Crippen molar-refractivity contribution in [1.82, 2.24) is 10.2 Å².